The van der Waals surface area contributed by atoms with Gasteiger partial charge in [-0.25, -0.2) is 4.39 Å². The van der Waals surface area contributed by atoms with Crippen LogP contribution in [0.15, 0.2) is 22.7 Å². The first kappa shape index (κ1) is 15.6. The maximum atomic E-state index is 14.3. The second-order valence-corrected chi connectivity index (χ2v) is 6.22. The van der Waals surface area contributed by atoms with Crippen LogP contribution < -0.4 is 0 Å². The summed E-state index contributed by atoms with van der Waals surface area (Å²) in [6.45, 7) is 5.91. The van der Waals surface area contributed by atoms with Crippen LogP contribution >= 0.6 is 15.9 Å². The van der Waals surface area contributed by atoms with E-state index in [1.165, 1.54) is 0 Å². The molecule has 2 rings (SSSR count). The molecular formula is C16H21BrFNO. The molecule has 0 spiro atoms. The van der Waals surface area contributed by atoms with Crippen molar-refractivity contribution in [1.82, 2.24) is 4.90 Å². The average molecular weight is 342 g/mol. The van der Waals surface area contributed by atoms with Crippen molar-refractivity contribution < 1.29 is 9.18 Å². The van der Waals surface area contributed by atoms with E-state index in [9.17, 15) is 9.18 Å². The first-order valence-corrected chi connectivity index (χ1v) is 8.10. The summed E-state index contributed by atoms with van der Waals surface area (Å²) in [7, 11) is 0. The molecule has 0 amide bonds. The van der Waals surface area contributed by atoms with Gasteiger partial charge in [0.15, 0.2) is 5.78 Å². The number of carbonyl (C=O) groups excluding carboxylic acids is 1. The second kappa shape index (κ2) is 6.35. The zero-order chi connectivity index (χ0) is 14.8. The number of carbonyl (C=O) groups is 1. The van der Waals surface area contributed by atoms with Gasteiger partial charge in [0.25, 0.3) is 0 Å². The van der Waals surface area contributed by atoms with Crippen LogP contribution in [0.3, 0.4) is 0 Å². The van der Waals surface area contributed by atoms with E-state index in [0.717, 1.165) is 25.9 Å². The molecule has 0 aromatic heterocycles. The number of rotatable bonds is 5. The molecule has 1 aromatic carbocycles. The summed E-state index contributed by atoms with van der Waals surface area (Å²) >= 11 is 3.17. The van der Waals surface area contributed by atoms with Crippen LogP contribution in [0.1, 0.15) is 49.9 Å². The van der Waals surface area contributed by atoms with Crippen molar-refractivity contribution in [1.29, 1.82) is 0 Å². The Labute approximate surface area is 128 Å². The zero-order valence-corrected chi connectivity index (χ0v) is 13.7. The molecule has 20 heavy (non-hydrogen) atoms. The molecule has 1 heterocycles. The standard InChI is InChI=1S/C16H21BrFNO/c1-3-16(4-2,19-10-5-6-11-19)15(20)12-8-7-9-13(17)14(12)18/h7-9H,3-6,10-11H2,1-2H3. The molecule has 1 aromatic rings. The highest BCUT2D eigenvalue weighted by Crippen LogP contribution is 2.33. The fourth-order valence-electron chi connectivity index (χ4n) is 3.24. The van der Waals surface area contributed by atoms with E-state index in [-0.39, 0.29) is 11.3 Å². The number of hydrogen-bond donors (Lipinski definition) is 0. The van der Waals surface area contributed by atoms with E-state index < -0.39 is 11.4 Å². The third-order valence-electron chi connectivity index (χ3n) is 4.50. The van der Waals surface area contributed by atoms with Crippen LogP contribution in [0.2, 0.25) is 0 Å². The van der Waals surface area contributed by atoms with E-state index in [4.69, 9.17) is 0 Å². The van der Waals surface area contributed by atoms with Gasteiger partial charge in [0.05, 0.1) is 15.6 Å². The van der Waals surface area contributed by atoms with Crippen LogP contribution in [0.4, 0.5) is 4.39 Å². The summed E-state index contributed by atoms with van der Waals surface area (Å²) in [6.07, 6.45) is 3.68. The first-order valence-electron chi connectivity index (χ1n) is 7.30. The molecule has 0 bridgehead atoms. The minimum atomic E-state index is -0.557. The van der Waals surface area contributed by atoms with Crippen molar-refractivity contribution in [3.05, 3.63) is 34.1 Å². The molecule has 1 saturated heterocycles. The largest absolute Gasteiger partial charge is 0.292 e. The van der Waals surface area contributed by atoms with E-state index in [2.05, 4.69) is 20.8 Å². The smallest absolute Gasteiger partial charge is 0.186 e. The fraction of sp³-hybridized carbons (Fsp3) is 0.562. The van der Waals surface area contributed by atoms with E-state index in [0.29, 0.717) is 17.3 Å². The number of benzene rings is 1. The number of hydrogen-bond acceptors (Lipinski definition) is 2. The van der Waals surface area contributed by atoms with Gasteiger partial charge in [-0.3, -0.25) is 9.69 Å². The van der Waals surface area contributed by atoms with Crippen molar-refractivity contribution in [3.8, 4) is 0 Å². The van der Waals surface area contributed by atoms with Gasteiger partial charge >= 0.3 is 0 Å². The van der Waals surface area contributed by atoms with E-state index >= 15 is 0 Å². The molecule has 0 aliphatic carbocycles. The Kier molecular flexibility index (Phi) is 4.97. The third-order valence-corrected chi connectivity index (χ3v) is 5.11. The Bertz CT molecular complexity index is 493. The topological polar surface area (TPSA) is 20.3 Å². The molecule has 110 valence electrons. The van der Waals surface area contributed by atoms with Gasteiger partial charge in [-0.15, -0.1) is 0 Å². The number of nitrogens with zero attached hydrogens (tertiary/aromatic N) is 1. The predicted molar refractivity (Wildman–Crippen MR) is 82.6 cm³/mol. The number of halogens is 2. The van der Waals surface area contributed by atoms with Crippen molar-refractivity contribution in [2.24, 2.45) is 0 Å². The molecule has 1 aliphatic rings. The highest BCUT2D eigenvalue weighted by molar-refractivity contribution is 9.10. The molecule has 0 saturated carbocycles. The Morgan fingerprint density at radius 2 is 1.90 bits per heavy atom. The monoisotopic (exact) mass is 341 g/mol. The lowest BCUT2D eigenvalue weighted by molar-refractivity contribution is 0.0577. The van der Waals surface area contributed by atoms with Crippen LogP contribution in [-0.4, -0.2) is 29.3 Å². The van der Waals surface area contributed by atoms with Crippen molar-refractivity contribution in [2.45, 2.75) is 45.1 Å². The van der Waals surface area contributed by atoms with E-state index in [1.54, 1.807) is 18.2 Å². The molecule has 1 fully saturated rings. The van der Waals surface area contributed by atoms with Crippen molar-refractivity contribution in [2.75, 3.05) is 13.1 Å². The summed E-state index contributed by atoms with van der Waals surface area (Å²) in [5.41, 5.74) is -0.354. The molecule has 2 nitrogen and oxygen atoms in total. The molecule has 0 unspecified atom stereocenters. The van der Waals surface area contributed by atoms with Gasteiger partial charge < -0.3 is 0 Å². The molecule has 4 heteroatoms. The lowest BCUT2D eigenvalue weighted by Crippen LogP contribution is -2.53. The van der Waals surface area contributed by atoms with Crippen molar-refractivity contribution in [3.63, 3.8) is 0 Å². The molecule has 0 N–H and O–H groups in total. The van der Waals surface area contributed by atoms with Gasteiger partial charge in [-0.05, 0) is 66.8 Å². The van der Waals surface area contributed by atoms with Crippen LogP contribution in [0.25, 0.3) is 0 Å². The fourth-order valence-corrected chi connectivity index (χ4v) is 3.60. The van der Waals surface area contributed by atoms with Gasteiger partial charge in [0.1, 0.15) is 5.82 Å². The minimum Gasteiger partial charge on any atom is -0.292 e. The molecule has 0 atom stereocenters. The maximum Gasteiger partial charge on any atom is 0.186 e. The summed E-state index contributed by atoms with van der Waals surface area (Å²) in [4.78, 5) is 15.2. The summed E-state index contributed by atoms with van der Waals surface area (Å²) < 4.78 is 14.6. The highest BCUT2D eigenvalue weighted by atomic mass is 79.9. The summed E-state index contributed by atoms with van der Waals surface area (Å²) in [5.74, 6) is -0.522. The van der Waals surface area contributed by atoms with Gasteiger partial charge in [-0.1, -0.05) is 19.9 Å². The molecule has 1 aliphatic heterocycles. The van der Waals surface area contributed by atoms with Gasteiger partial charge in [0.2, 0.25) is 0 Å². The van der Waals surface area contributed by atoms with E-state index in [1.807, 2.05) is 13.8 Å². The van der Waals surface area contributed by atoms with Crippen molar-refractivity contribution >= 4 is 21.7 Å². The Balaban J connectivity index is 2.43. The number of Topliss-reactive ketones (excluding diaryl/α,β-unsaturated/α-hetero) is 1. The van der Waals surface area contributed by atoms with Gasteiger partial charge in [0, 0.05) is 0 Å². The quantitative estimate of drug-likeness (QED) is 0.738. The first-order chi connectivity index (χ1) is 9.56. The number of likely N-dealkylation sites (tertiary alicyclic amines) is 1. The highest BCUT2D eigenvalue weighted by Gasteiger charge is 2.43. The Morgan fingerprint density at radius 1 is 1.30 bits per heavy atom. The lowest BCUT2D eigenvalue weighted by atomic mass is 9.82. The van der Waals surface area contributed by atoms with Crippen LogP contribution in [0.5, 0.6) is 0 Å². The molecule has 0 radical (unpaired) electrons. The van der Waals surface area contributed by atoms with Crippen LogP contribution in [-0.2, 0) is 0 Å². The van der Waals surface area contributed by atoms with Crippen LogP contribution in [0, 0.1) is 5.82 Å². The SMILES string of the molecule is CCC(CC)(C(=O)c1cccc(Br)c1F)N1CCCC1. The maximum absolute atomic E-state index is 14.3. The number of ketones is 1. The third kappa shape index (κ3) is 2.56. The zero-order valence-electron chi connectivity index (χ0n) is 12.1. The lowest BCUT2D eigenvalue weighted by Gasteiger charge is -2.39. The average Bonchev–Trinajstić information content (AvgIpc) is 2.98. The Hall–Kier alpha value is -0.740. The Morgan fingerprint density at radius 3 is 2.45 bits per heavy atom. The summed E-state index contributed by atoms with van der Waals surface area (Å²) in [6, 6.07) is 4.95. The predicted octanol–water partition coefficient (Wildman–Crippen LogP) is 4.43. The minimum absolute atomic E-state index is 0.0804. The summed E-state index contributed by atoms with van der Waals surface area (Å²) in [5, 5.41) is 0. The normalized spacial score (nSPS) is 16.6. The second-order valence-electron chi connectivity index (χ2n) is 5.36. The van der Waals surface area contributed by atoms with Gasteiger partial charge in [-0.2, -0.15) is 0 Å². The molecular weight excluding hydrogens is 321 g/mol.